The minimum Gasteiger partial charge on any atom is -0.383 e. The van der Waals surface area contributed by atoms with Gasteiger partial charge in [0.05, 0.1) is 13.2 Å². The van der Waals surface area contributed by atoms with Crippen LogP contribution >= 0.6 is 15.9 Å². The van der Waals surface area contributed by atoms with Gasteiger partial charge < -0.3 is 15.4 Å². The lowest BCUT2D eigenvalue weighted by molar-refractivity contribution is 0.203. The zero-order valence-electron chi connectivity index (χ0n) is 13.4. The van der Waals surface area contributed by atoms with Crippen molar-refractivity contribution in [3.63, 3.8) is 0 Å². The molecule has 0 radical (unpaired) electrons. The monoisotopic (exact) mass is 355 g/mol. The maximum atomic E-state index is 5.05. The van der Waals surface area contributed by atoms with Crippen molar-refractivity contribution >= 4 is 21.9 Å². The molecule has 0 saturated heterocycles. The molecule has 0 fully saturated rings. The third-order valence-corrected chi connectivity index (χ3v) is 3.67. The van der Waals surface area contributed by atoms with E-state index in [9.17, 15) is 0 Å². The fraction of sp³-hybridized carbons (Fsp3) is 0.562. The van der Waals surface area contributed by atoms with E-state index in [0.29, 0.717) is 13.2 Å². The van der Waals surface area contributed by atoms with Crippen molar-refractivity contribution in [2.24, 2.45) is 4.99 Å². The first-order valence-electron chi connectivity index (χ1n) is 7.26. The molecule has 0 spiro atoms. The Balaban J connectivity index is 2.72. The van der Waals surface area contributed by atoms with Crippen molar-refractivity contribution in [3.8, 4) is 0 Å². The summed E-state index contributed by atoms with van der Waals surface area (Å²) in [6.07, 6.45) is 0. The van der Waals surface area contributed by atoms with E-state index >= 15 is 0 Å². The molecule has 0 heterocycles. The number of halogens is 1. The van der Waals surface area contributed by atoms with E-state index in [4.69, 9.17) is 4.74 Å². The van der Waals surface area contributed by atoms with E-state index in [1.54, 1.807) is 7.11 Å². The van der Waals surface area contributed by atoms with Crippen LogP contribution in [0.25, 0.3) is 0 Å². The van der Waals surface area contributed by atoms with E-state index in [1.807, 2.05) is 6.07 Å². The Hall–Kier alpha value is -1.07. The van der Waals surface area contributed by atoms with Crippen molar-refractivity contribution < 1.29 is 4.74 Å². The second-order valence-corrected chi connectivity index (χ2v) is 6.42. The molecule has 5 heteroatoms. The highest BCUT2D eigenvalue weighted by atomic mass is 79.9. The maximum Gasteiger partial charge on any atom is 0.191 e. The van der Waals surface area contributed by atoms with Gasteiger partial charge in [0.2, 0.25) is 0 Å². The first-order valence-corrected chi connectivity index (χ1v) is 8.06. The van der Waals surface area contributed by atoms with Crippen LogP contribution < -0.4 is 10.6 Å². The van der Waals surface area contributed by atoms with E-state index in [-0.39, 0.29) is 5.41 Å². The van der Waals surface area contributed by atoms with E-state index < -0.39 is 0 Å². The first-order chi connectivity index (χ1) is 9.99. The summed E-state index contributed by atoms with van der Waals surface area (Å²) in [7, 11) is 1.70. The molecule has 0 aromatic heterocycles. The third kappa shape index (κ3) is 6.48. The van der Waals surface area contributed by atoms with Gasteiger partial charge >= 0.3 is 0 Å². The fourth-order valence-corrected chi connectivity index (χ4v) is 2.29. The minimum atomic E-state index is -0.0204. The van der Waals surface area contributed by atoms with Gasteiger partial charge in [-0.1, -0.05) is 41.9 Å². The second kappa shape index (κ2) is 9.05. The van der Waals surface area contributed by atoms with Crippen LogP contribution in [0, 0.1) is 0 Å². The molecule has 0 aliphatic carbocycles. The topological polar surface area (TPSA) is 45.7 Å². The predicted molar refractivity (Wildman–Crippen MR) is 93.0 cm³/mol. The SMILES string of the molecule is CCNC(=NCC(C)(C)c1cccc(Br)c1)NCCOC. The number of hydrogen-bond acceptors (Lipinski definition) is 2. The summed E-state index contributed by atoms with van der Waals surface area (Å²) in [4.78, 5) is 4.69. The fourth-order valence-electron chi connectivity index (χ4n) is 1.89. The Labute approximate surface area is 136 Å². The van der Waals surface area contributed by atoms with Gasteiger partial charge in [0, 0.05) is 30.1 Å². The molecule has 0 atom stereocenters. The Morgan fingerprint density at radius 1 is 1.33 bits per heavy atom. The van der Waals surface area contributed by atoms with E-state index in [2.05, 4.69) is 70.5 Å². The molecule has 1 rings (SSSR count). The lowest BCUT2D eigenvalue weighted by Crippen LogP contribution is -2.40. The van der Waals surface area contributed by atoms with Crippen LogP contribution in [0.2, 0.25) is 0 Å². The smallest absolute Gasteiger partial charge is 0.191 e. The van der Waals surface area contributed by atoms with Crippen molar-refractivity contribution in [3.05, 3.63) is 34.3 Å². The van der Waals surface area contributed by atoms with E-state index in [0.717, 1.165) is 23.5 Å². The van der Waals surface area contributed by atoms with Gasteiger partial charge in [-0.25, -0.2) is 0 Å². The van der Waals surface area contributed by atoms with Crippen molar-refractivity contribution in [1.82, 2.24) is 10.6 Å². The molecule has 1 aromatic rings. The molecular weight excluding hydrogens is 330 g/mol. The number of aliphatic imine (C=N–C) groups is 1. The maximum absolute atomic E-state index is 5.05. The molecule has 0 unspecified atom stereocenters. The van der Waals surface area contributed by atoms with Gasteiger partial charge in [0.1, 0.15) is 0 Å². The number of nitrogens with one attached hydrogen (secondary N) is 2. The van der Waals surface area contributed by atoms with Gasteiger partial charge in [0.15, 0.2) is 5.96 Å². The zero-order chi connectivity index (χ0) is 15.7. The number of nitrogens with zero attached hydrogens (tertiary/aromatic N) is 1. The number of hydrogen-bond donors (Lipinski definition) is 2. The van der Waals surface area contributed by atoms with Crippen LogP contribution in [-0.2, 0) is 10.2 Å². The van der Waals surface area contributed by atoms with Crippen molar-refractivity contribution in [1.29, 1.82) is 0 Å². The standard InChI is InChI=1S/C16H26BrN3O/c1-5-18-15(19-9-10-21-4)20-12-16(2,3)13-7-6-8-14(17)11-13/h6-8,11H,5,9-10,12H2,1-4H3,(H2,18,19,20). The molecule has 0 saturated carbocycles. The van der Waals surface area contributed by atoms with Crippen LogP contribution in [0.15, 0.2) is 33.7 Å². The summed E-state index contributed by atoms with van der Waals surface area (Å²) in [5.41, 5.74) is 1.25. The van der Waals surface area contributed by atoms with Crippen LogP contribution in [0.4, 0.5) is 0 Å². The van der Waals surface area contributed by atoms with Gasteiger partial charge in [-0.3, -0.25) is 4.99 Å². The van der Waals surface area contributed by atoms with Crippen LogP contribution in [0.1, 0.15) is 26.3 Å². The normalized spacial score (nSPS) is 12.3. The highest BCUT2D eigenvalue weighted by molar-refractivity contribution is 9.10. The predicted octanol–water partition coefficient (Wildman–Crippen LogP) is 2.93. The van der Waals surface area contributed by atoms with Crippen molar-refractivity contribution in [2.75, 3.05) is 33.4 Å². The average molecular weight is 356 g/mol. The van der Waals surface area contributed by atoms with Gasteiger partial charge in [0.25, 0.3) is 0 Å². The first kappa shape index (κ1) is 18.0. The highest BCUT2D eigenvalue weighted by Crippen LogP contribution is 2.26. The summed E-state index contributed by atoms with van der Waals surface area (Å²) in [6.45, 7) is 9.45. The molecule has 2 N–H and O–H groups in total. The Morgan fingerprint density at radius 3 is 2.71 bits per heavy atom. The lowest BCUT2D eigenvalue weighted by Gasteiger charge is -2.24. The van der Waals surface area contributed by atoms with E-state index in [1.165, 1.54) is 5.56 Å². The summed E-state index contributed by atoms with van der Waals surface area (Å²) in [5.74, 6) is 0.831. The third-order valence-electron chi connectivity index (χ3n) is 3.18. The van der Waals surface area contributed by atoms with Crippen LogP contribution in [-0.4, -0.2) is 39.3 Å². The summed E-state index contributed by atoms with van der Waals surface area (Å²) < 4.78 is 6.15. The second-order valence-electron chi connectivity index (χ2n) is 5.51. The average Bonchev–Trinajstić information content (AvgIpc) is 2.45. The summed E-state index contributed by atoms with van der Waals surface area (Å²) in [5, 5.41) is 6.51. The molecule has 0 aliphatic heterocycles. The number of ether oxygens (including phenoxy) is 1. The molecule has 0 amide bonds. The largest absolute Gasteiger partial charge is 0.383 e. The molecule has 1 aromatic carbocycles. The minimum absolute atomic E-state index is 0.0204. The molecule has 0 aliphatic rings. The number of rotatable bonds is 7. The number of benzene rings is 1. The molecule has 21 heavy (non-hydrogen) atoms. The van der Waals surface area contributed by atoms with Crippen LogP contribution in [0.5, 0.6) is 0 Å². The number of guanidine groups is 1. The zero-order valence-corrected chi connectivity index (χ0v) is 15.0. The Morgan fingerprint density at radius 2 is 2.10 bits per heavy atom. The van der Waals surface area contributed by atoms with Gasteiger partial charge in [-0.15, -0.1) is 0 Å². The van der Waals surface area contributed by atoms with Crippen LogP contribution in [0.3, 0.4) is 0 Å². The molecule has 118 valence electrons. The quantitative estimate of drug-likeness (QED) is 0.449. The molecule has 0 bridgehead atoms. The van der Waals surface area contributed by atoms with Gasteiger partial charge in [-0.05, 0) is 24.6 Å². The summed E-state index contributed by atoms with van der Waals surface area (Å²) >= 11 is 3.53. The lowest BCUT2D eigenvalue weighted by atomic mass is 9.85. The Bertz CT molecular complexity index is 461. The number of methoxy groups -OCH3 is 1. The highest BCUT2D eigenvalue weighted by Gasteiger charge is 2.20. The van der Waals surface area contributed by atoms with Gasteiger partial charge in [-0.2, -0.15) is 0 Å². The summed E-state index contributed by atoms with van der Waals surface area (Å²) in [6, 6.07) is 8.40. The molecular formula is C16H26BrN3O. The Kier molecular flexibility index (Phi) is 7.75. The molecule has 4 nitrogen and oxygen atoms in total. The van der Waals surface area contributed by atoms with Crippen molar-refractivity contribution in [2.45, 2.75) is 26.2 Å².